The fraction of sp³-hybridized carbons (Fsp3) is 0.333. The second kappa shape index (κ2) is 5.73. The van der Waals surface area contributed by atoms with Gasteiger partial charge in [0.1, 0.15) is 17.9 Å². The Morgan fingerprint density at radius 3 is 2.94 bits per heavy atom. The highest BCUT2D eigenvalue weighted by atomic mass is 35.5. The van der Waals surface area contributed by atoms with Crippen LogP contribution in [0.25, 0.3) is 0 Å². The number of aryl methyl sites for hydroxylation is 1. The van der Waals surface area contributed by atoms with Crippen LogP contribution < -0.4 is 10.1 Å². The predicted molar refractivity (Wildman–Crippen MR) is 71.0 cm³/mol. The van der Waals surface area contributed by atoms with Gasteiger partial charge in [-0.25, -0.2) is 9.67 Å². The Labute approximate surface area is 111 Å². The van der Waals surface area contributed by atoms with Gasteiger partial charge in [0.15, 0.2) is 0 Å². The SMILES string of the molecule is CCn1ncnc1CNc1ccc(OC)c(Cl)c1. The van der Waals surface area contributed by atoms with E-state index in [2.05, 4.69) is 15.4 Å². The molecule has 0 saturated heterocycles. The van der Waals surface area contributed by atoms with E-state index in [0.29, 0.717) is 17.3 Å². The number of anilines is 1. The van der Waals surface area contributed by atoms with E-state index in [9.17, 15) is 0 Å². The summed E-state index contributed by atoms with van der Waals surface area (Å²) in [5.74, 6) is 1.56. The molecule has 0 saturated carbocycles. The summed E-state index contributed by atoms with van der Waals surface area (Å²) >= 11 is 6.05. The van der Waals surface area contributed by atoms with Crippen molar-refractivity contribution in [3.8, 4) is 5.75 Å². The number of hydrogen-bond acceptors (Lipinski definition) is 4. The standard InChI is InChI=1S/C12H15ClN4O/c1-3-17-12(15-8-16-17)7-14-9-4-5-11(18-2)10(13)6-9/h4-6,8,14H,3,7H2,1-2H3. The summed E-state index contributed by atoms with van der Waals surface area (Å²) in [7, 11) is 1.60. The summed E-state index contributed by atoms with van der Waals surface area (Å²) in [5, 5.41) is 7.94. The van der Waals surface area contributed by atoms with Crippen LogP contribution in [0.4, 0.5) is 5.69 Å². The van der Waals surface area contributed by atoms with Crippen molar-refractivity contribution in [3.05, 3.63) is 35.4 Å². The van der Waals surface area contributed by atoms with E-state index in [1.807, 2.05) is 29.8 Å². The molecular weight excluding hydrogens is 252 g/mol. The van der Waals surface area contributed by atoms with Crippen LogP contribution in [-0.4, -0.2) is 21.9 Å². The number of rotatable bonds is 5. The first kappa shape index (κ1) is 12.7. The van der Waals surface area contributed by atoms with Gasteiger partial charge >= 0.3 is 0 Å². The van der Waals surface area contributed by atoms with Crippen LogP contribution in [0.2, 0.25) is 5.02 Å². The van der Waals surface area contributed by atoms with Crippen molar-refractivity contribution in [3.63, 3.8) is 0 Å². The van der Waals surface area contributed by atoms with Crippen molar-refractivity contribution >= 4 is 17.3 Å². The first-order valence-electron chi connectivity index (χ1n) is 5.68. The Morgan fingerprint density at radius 2 is 2.28 bits per heavy atom. The Morgan fingerprint density at radius 1 is 1.44 bits per heavy atom. The summed E-state index contributed by atoms with van der Waals surface area (Å²) in [6, 6.07) is 5.57. The Balaban J connectivity index is 2.04. The molecule has 1 N–H and O–H groups in total. The van der Waals surface area contributed by atoms with Crippen molar-refractivity contribution in [2.75, 3.05) is 12.4 Å². The number of halogens is 1. The molecule has 18 heavy (non-hydrogen) atoms. The smallest absolute Gasteiger partial charge is 0.146 e. The molecule has 0 amide bonds. The lowest BCUT2D eigenvalue weighted by Gasteiger charge is -2.09. The largest absolute Gasteiger partial charge is 0.495 e. The Hall–Kier alpha value is -1.75. The molecule has 0 atom stereocenters. The fourth-order valence-electron chi connectivity index (χ4n) is 1.65. The fourth-order valence-corrected chi connectivity index (χ4v) is 1.90. The maximum atomic E-state index is 6.05. The van der Waals surface area contributed by atoms with E-state index < -0.39 is 0 Å². The number of methoxy groups -OCH3 is 1. The molecular formula is C12H15ClN4O. The van der Waals surface area contributed by atoms with Crippen LogP contribution in [0.15, 0.2) is 24.5 Å². The normalized spacial score (nSPS) is 10.4. The topological polar surface area (TPSA) is 52.0 Å². The quantitative estimate of drug-likeness (QED) is 0.904. The molecule has 0 aliphatic rings. The number of ether oxygens (including phenoxy) is 1. The summed E-state index contributed by atoms with van der Waals surface area (Å²) in [5.41, 5.74) is 0.923. The molecule has 0 spiro atoms. The molecule has 0 unspecified atom stereocenters. The highest BCUT2D eigenvalue weighted by molar-refractivity contribution is 6.32. The summed E-state index contributed by atoms with van der Waals surface area (Å²) < 4.78 is 6.95. The zero-order chi connectivity index (χ0) is 13.0. The number of nitrogens with zero attached hydrogens (tertiary/aromatic N) is 3. The van der Waals surface area contributed by atoms with Crippen molar-refractivity contribution in [1.82, 2.24) is 14.8 Å². The van der Waals surface area contributed by atoms with Crippen LogP contribution in [0.3, 0.4) is 0 Å². The van der Waals surface area contributed by atoms with Crippen molar-refractivity contribution < 1.29 is 4.74 Å². The first-order valence-corrected chi connectivity index (χ1v) is 6.06. The van der Waals surface area contributed by atoms with Crippen LogP contribution in [0, 0.1) is 0 Å². The van der Waals surface area contributed by atoms with Gasteiger partial charge in [0.05, 0.1) is 18.7 Å². The molecule has 0 aliphatic carbocycles. The lowest BCUT2D eigenvalue weighted by atomic mass is 10.3. The summed E-state index contributed by atoms with van der Waals surface area (Å²) in [6.07, 6.45) is 1.56. The number of hydrogen-bond donors (Lipinski definition) is 1. The average Bonchev–Trinajstić information content (AvgIpc) is 2.84. The second-order valence-corrected chi connectivity index (χ2v) is 4.10. The van der Waals surface area contributed by atoms with E-state index in [1.165, 1.54) is 0 Å². The molecule has 6 heteroatoms. The molecule has 0 bridgehead atoms. The molecule has 0 radical (unpaired) electrons. The van der Waals surface area contributed by atoms with Crippen LogP contribution in [0.5, 0.6) is 5.75 Å². The molecule has 5 nitrogen and oxygen atoms in total. The van der Waals surface area contributed by atoms with Gasteiger partial charge < -0.3 is 10.1 Å². The lowest BCUT2D eigenvalue weighted by molar-refractivity contribution is 0.415. The van der Waals surface area contributed by atoms with Gasteiger partial charge in [-0.05, 0) is 25.1 Å². The van der Waals surface area contributed by atoms with E-state index in [-0.39, 0.29) is 0 Å². The van der Waals surface area contributed by atoms with Gasteiger partial charge in [0.25, 0.3) is 0 Å². The van der Waals surface area contributed by atoms with Crippen LogP contribution >= 0.6 is 11.6 Å². The highest BCUT2D eigenvalue weighted by Gasteiger charge is 2.04. The predicted octanol–water partition coefficient (Wildman–Crippen LogP) is 2.57. The van der Waals surface area contributed by atoms with E-state index in [0.717, 1.165) is 18.1 Å². The van der Waals surface area contributed by atoms with E-state index in [4.69, 9.17) is 16.3 Å². The van der Waals surface area contributed by atoms with E-state index >= 15 is 0 Å². The third-order valence-corrected chi connectivity index (χ3v) is 2.89. The minimum absolute atomic E-state index is 0.583. The number of benzene rings is 1. The maximum absolute atomic E-state index is 6.05. The van der Waals surface area contributed by atoms with Gasteiger partial charge in [0, 0.05) is 12.2 Å². The van der Waals surface area contributed by atoms with Gasteiger partial charge in [-0.1, -0.05) is 11.6 Å². The average molecular weight is 267 g/mol. The van der Waals surface area contributed by atoms with Gasteiger partial charge in [-0.15, -0.1) is 0 Å². The van der Waals surface area contributed by atoms with Gasteiger partial charge in [-0.3, -0.25) is 0 Å². The molecule has 1 aromatic carbocycles. The summed E-state index contributed by atoms with van der Waals surface area (Å²) in [6.45, 7) is 3.44. The van der Waals surface area contributed by atoms with Gasteiger partial charge in [-0.2, -0.15) is 5.10 Å². The van der Waals surface area contributed by atoms with Gasteiger partial charge in [0.2, 0.25) is 0 Å². The lowest BCUT2D eigenvalue weighted by Crippen LogP contribution is -2.09. The Kier molecular flexibility index (Phi) is 4.04. The molecule has 2 rings (SSSR count). The third kappa shape index (κ3) is 2.73. The second-order valence-electron chi connectivity index (χ2n) is 3.69. The van der Waals surface area contributed by atoms with Crippen molar-refractivity contribution in [1.29, 1.82) is 0 Å². The molecule has 96 valence electrons. The number of aromatic nitrogens is 3. The number of nitrogens with one attached hydrogen (secondary N) is 1. The summed E-state index contributed by atoms with van der Waals surface area (Å²) in [4.78, 5) is 4.19. The van der Waals surface area contributed by atoms with E-state index in [1.54, 1.807) is 13.4 Å². The maximum Gasteiger partial charge on any atom is 0.146 e. The molecule has 1 heterocycles. The minimum atomic E-state index is 0.583. The zero-order valence-electron chi connectivity index (χ0n) is 10.4. The van der Waals surface area contributed by atoms with Crippen molar-refractivity contribution in [2.45, 2.75) is 20.0 Å². The monoisotopic (exact) mass is 266 g/mol. The molecule has 0 fully saturated rings. The minimum Gasteiger partial charge on any atom is -0.495 e. The van der Waals surface area contributed by atoms with Crippen LogP contribution in [0.1, 0.15) is 12.7 Å². The molecule has 1 aromatic heterocycles. The van der Waals surface area contributed by atoms with Crippen molar-refractivity contribution in [2.24, 2.45) is 0 Å². The molecule has 2 aromatic rings. The zero-order valence-corrected chi connectivity index (χ0v) is 11.1. The molecule has 0 aliphatic heterocycles. The van der Waals surface area contributed by atoms with Crippen LogP contribution in [-0.2, 0) is 13.1 Å². The highest BCUT2D eigenvalue weighted by Crippen LogP contribution is 2.27. The first-order chi connectivity index (χ1) is 8.74. The Bertz CT molecular complexity index is 527. The third-order valence-electron chi connectivity index (χ3n) is 2.60.